The second kappa shape index (κ2) is 4.45. The van der Waals surface area contributed by atoms with Gasteiger partial charge in [-0.25, -0.2) is 0 Å². The summed E-state index contributed by atoms with van der Waals surface area (Å²) in [7, 11) is 1.63. The molecule has 3 heteroatoms. The minimum Gasteiger partial charge on any atom is -0.496 e. The Kier molecular flexibility index (Phi) is 3.48. The number of carbonyl (C=O) groups excluding carboxylic acids is 1. The van der Waals surface area contributed by atoms with Gasteiger partial charge < -0.3 is 10.5 Å². The maximum atomic E-state index is 11.2. The summed E-state index contributed by atoms with van der Waals surface area (Å²) in [5.41, 5.74) is 8.74. The summed E-state index contributed by atoms with van der Waals surface area (Å²) >= 11 is 0. The van der Waals surface area contributed by atoms with Crippen molar-refractivity contribution in [2.24, 2.45) is 5.73 Å². The zero-order valence-electron chi connectivity index (χ0n) is 9.63. The molecule has 1 aromatic rings. The molecule has 0 saturated heterocycles. The standard InChI is InChI=1S/C12H17NO2/c1-7-8(2)11(15-4)6-5-10(7)12(13)9(3)14/h5-6,12H,13H2,1-4H3. The topological polar surface area (TPSA) is 52.3 Å². The fraction of sp³-hybridized carbons (Fsp3) is 0.417. The Labute approximate surface area is 90.2 Å². The third kappa shape index (κ3) is 2.18. The molecule has 1 rings (SSSR count). The number of Topliss-reactive ketones (excluding diaryl/α,β-unsaturated/α-hetero) is 1. The van der Waals surface area contributed by atoms with Crippen molar-refractivity contribution in [2.75, 3.05) is 7.11 Å². The number of carbonyl (C=O) groups is 1. The molecular formula is C12H17NO2. The summed E-state index contributed by atoms with van der Waals surface area (Å²) in [6, 6.07) is 3.17. The molecule has 1 unspecified atom stereocenters. The van der Waals surface area contributed by atoms with Crippen molar-refractivity contribution in [3.05, 3.63) is 28.8 Å². The minimum atomic E-state index is -0.533. The number of ketones is 1. The van der Waals surface area contributed by atoms with Crippen molar-refractivity contribution in [1.29, 1.82) is 0 Å². The molecule has 15 heavy (non-hydrogen) atoms. The second-order valence-electron chi connectivity index (χ2n) is 3.70. The molecule has 0 radical (unpaired) electrons. The van der Waals surface area contributed by atoms with Crippen LogP contribution in [0, 0.1) is 13.8 Å². The predicted molar refractivity (Wildman–Crippen MR) is 60.1 cm³/mol. The smallest absolute Gasteiger partial charge is 0.150 e. The number of benzene rings is 1. The highest BCUT2D eigenvalue weighted by molar-refractivity contribution is 5.83. The van der Waals surface area contributed by atoms with Gasteiger partial charge in [-0.1, -0.05) is 6.07 Å². The summed E-state index contributed by atoms with van der Waals surface area (Å²) < 4.78 is 5.20. The molecule has 0 spiro atoms. The number of hydrogen-bond donors (Lipinski definition) is 1. The Morgan fingerprint density at radius 2 is 1.93 bits per heavy atom. The summed E-state index contributed by atoms with van der Waals surface area (Å²) in [6.45, 7) is 5.42. The maximum absolute atomic E-state index is 11.2. The van der Waals surface area contributed by atoms with Gasteiger partial charge >= 0.3 is 0 Å². The van der Waals surface area contributed by atoms with Gasteiger partial charge in [-0.15, -0.1) is 0 Å². The van der Waals surface area contributed by atoms with Crippen molar-refractivity contribution >= 4 is 5.78 Å². The normalized spacial score (nSPS) is 12.3. The molecular weight excluding hydrogens is 190 g/mol. The summed E-state index contributed by atoms with van der Waals surface area (Å²) in [4.78, 5) is 11.2. The number of nitrogens with two attached hydrogens (primary N) is 1. The molecule has 3 nitrogen and oxygen atoms in total. The van der Waals surface area contributed by atoms with Crippen LogP contribution in [0.25, 0.3) is 0 Å². The SMILES string of the molecule is COc1ccc(C(N)C(C)=O)c(C)c1C. The van der Waals surface area contributed by atoms with E-state index in [1.807, 2.05) is 26.0 Å². The first-order valence-corrected chi connectivity index (χ1v) is 4.89. The minimum absolute atomic E-state index is 0.0253. The van der Waals surface area contributed by atoms with E-state index in [0.717, 1.165) is 22.4 Å². The molecule has 0 aliphatic carbocycles. The molecule has 0 saturated carbocycles. The van der Waals surface area contributed by atoms with Crippen molar-refractivity contribution in [2.45, 2.75) is 26.8 Å². The van der Waals surface area contributed by atoms with E-state index in [0.29, 0.717) is 0 Å². The van der Waals surface area contributed by atoms with Crippen LogP contribution in [-0.4, -0.2) is 12.9 Å². The van der Waals surface area contributed by atoms with Gasteiger partial charge in [0.1, 0.15) is 5.75 Å². The van der Waals surface area contributed by atoms with Crippen LogP contribution in [0.4, 0.5) is 0 Å². The fourth-order valence-corrected chi connectivity index (χ4v) is 1.59. The van der Waals surface area contributed by atoms with Crippen LogP contribution >= 0.6 is 0 Å². The summed E-state index contributed by atoms with van der Waals surface area (Å²) in [5, 5.41) is 0. The molecule has 82 valence electrons. The lowest BCUT2D eigenvalue weighted by atomic mass is 9.95. The molecule has 0 amide bonds. The average molecular weight is 207 g/mol. The van der Waals surface area contributed by atoms with Crippen LogP contribution in [0.5, 0.6) is 5.75 Å². The van der Waals surface area contributed by atoms with Gasteiger partial charge in [0.05, 0.1) is 13.2 Å². The van der Waals surface area contributed by atoms with Gasteiger partial charge in [0.2, 0.25) is 0 Å². The van der Waals surface area contributed by atoms with E-state index >= 15 is 0 Å². The molecule has 1 atom stereocenters. The molecule has 0 aromatic heterocycles. The van der Waals surface area contributed by atoms with E-state index in [2.05, 4.69) is 0 Å². The quantitative estimate of drug-likeness (QED) is 0.823. The van der Waals surface area contributed by atoms with E-state index in [-0.39, 0.29) is 5.78 Å². The van der Waals surface area contributed by atoms with Crippen molar-refractivity contribution in [1.82, 2.24) is 0 Å². The Morgan fingerprint density at radius 3 is 2.40 bits per heavy atom. The summed E-state index contributed by atoms with van der Waals surface area (Å²) in [6.07, 6.45) is 0. The highest BCUT2D eigenvalue weighted by atomic mass is 16.5. The average Bonchev–Trinajstić information content (AvgIpc) is 2.21. The lowest BCUT2D eigenvalue weighted by molar-refractivity contribution is -0.118. The lowest BCUT2D eigenvalue weighted by Crippen LogP contribution is -2.20. The fourth-order valence-electron chi connectivity index (χ4n) is 1.59. The monoisotopic (exact) mass is 207 g/mol. The third-order valence-electron chi connectivity index (χ3n) is 2.77. The maximum Gasteiger partial charge on any atom is 0.150 e. The van der Waals surface area contributed by atoms with Crippen LogP contribution in [0.3, 0.4) is 0 Å². The van der Waals surface area contributed by atoms with Gasteiger partial charge in [0, 0.05) is 0 Å². The molecule has 0 aliphatic heterocycles. The van der Waals surface area contributed by atoms with Crippen molar-refractivity contribution in [3.63, 3.8) is 0 Å². The zero-order chi connectivity index (χ0) is 11.6. The van der Waals surface area contributed by atoms with Crippen LogP contribution in [-0.2, 0) is 4.79 Å². The van der Waals surface area contributed by atoms with Crippen LogP contribution in [0.15, 0.2) is 12.1 Å². The first kappa shape index (κ1) is 11.7. The molecule has 2 N–H and O–H groups in total. The molecule has 0 heterocycles. The summed E-state index contributed by atoms with van der Waals surface area (Å²) in [5.74, 6) is 0.801. The van der Waals surface area contributed by atoms with E-state index in [4.69, 9.17) is 10.5 Å². The van der Waals surface area contributed by atoms with Crippen LogP contribution in [0.2, 0.25) is 0 Å². The second-order valence-corrected chi connectivity index (χ2v) is 3.70. The molecule has 0 aliphatic rings. The molecule has 0 fully saturated rings. The third-order valence-corrected chi connectivity index (χ3v) is 2.77. The predicted octanol–water partition coefficient (Wildman–Crippen LogP) is 1.90. The highest BCUT2D eigenvalue weighted by Gasteiger charge is 2.15. The van der Waals surface area contributed by atoms with Gasteiger partial charge in [-0.3, -0.25) is 4.79 Å². The first-order chi connectivity index (χ1) is 6.99. The van der Waals surface area contributed by atoms with Gasteiger partial charge in [0.15, 0.2) is 5.78 Å². The van der Waals surface area contributed by atoms with Crippen LogP contribution in [0.1, 0.15) is 29.7 Å². The van der Waals surface area contributed by atoms with Crippen molar-refractivity contribution in [3.8, 4) is 5.75 Å². The molecule has 0 bridgehead atoms. The highest BCUT2D eigenvalue weighted by Crippen LogP contribution is 2.27. The number of methoxy groups -OCH3 is 1. The Morgan fingerprint density at radius 1 is 1.33 bits per heavy atom. The van der Waals surface area contributed by atoms with Crippen molar-refractivity contribution < 1.29 is 9.53 Å². The largest absolute Gasteiger partial charge is 0.496 e. The van der Waals surface area contributed by atoms with Gasteiger partial charge in [-0.2, -0.15) is 0 Å². The zero-order valence-corrected chi connectivity index (χ0v) is 9.63. The Hall–Kier alpha value is -1.35. The van der Waals surface area contributed by atoms with E-state index in [9.17, 15) is 4.79 Å². The van der Waals surface area contributed by atoms with Gasteiger partial charge in [-0.05, 0) is 43.5 Å². The van der Waals surface area contributed by atoms with E-state index < -0.39 is 6.04 Å². The van der Waals surface area contributed by atoms with E-state index in [1.165, 1.54) is 6.92 Å². The van der Waals surface area contributed by atoms with Gasteiger partial charge in [0.25, 0.3) is 0 Å². The van der Waals surface area contributed by atoms with Crippen LogP contribution < -0.4 is 10.5 Å². The lowest BCUT2D eigenvalue weighted by Gasteiger charge is -2.15. The van der Waals surface area contributed by atoms with E-state index in [1.54, 1.807) is 7.11 Å². The number of rotatable bonds is 3. The Balaban J connectivity index is 3.23. The number of hydrogen-bond acceptors (Lipinski definition) is 3. The molecule has 1 aromatic carbocycles. The number of ether oxygens (including phenoxy) is 1. The first-order valence-electron chi connectivity index (χ1n) is 4.89. The Bertz CT molecular complexity index is 385.